The summed E-state index contributed by atoms with van der Waals surface area (Å²) in [6.45, 7) is 0. The van der Waals surface area contributed by atoms with Crippen molar-refractivity contribution in [2.75, 3.05) is 0 Å². The summed E-state index contributed by atoms with van der Waals surface area (Å²) in [5.41, 5.74) is 0.303. The second-order valence-electron chi connectivity index (χ2n) is 1.74. The first kappa shape index (κ1) is 6.26. The molecule has 0 atom stereocenters. The summed E-state index contributed by atoms with van der Waals surface area (Å²) in [5.74, 6) is 0. The molecule has 9 heavy (non-hydrogen) atoms. The van der Waals surface area contributed by atoms with E-state index in [1.807, 2.05) is 0 Å². The smallest absolute Gasteiger partial charge is 0.193 e. The number of hydrogen-bond donors (Lipinski definition) is 0. The van der Waals surface area contributed by atoms with Crippen LogP contribution in [0.5, 0.6) is 0 Å². The Balaban J connectivity index is 2.85. The van der Waals surface area contributed by atoms with E-state index in [2.05, 4.69) is 0 Å². The number of benzene rings is 1. The topological polar surface area (TPSA) is 39.8 Å². The summed E-state index contributed by atoms with van der Waals surface area (Å²) in [5, 5.41) is 20.3. The molecule has 0 fully saturated rings. The fraction of sp³-hybridized carbons (Fsp3) is 0.143. The molecule has 2 nitrogen and oxygen atoms in total. The Hall–Kier alpha value is -0.860. The highest BCUT2D eigenvalue weighted by atomic mass is 16.5. The van der Waals surface area contributed by atoms with E-state index in [1.54, 1.807) is 18.2 Å². The predicted molar refractivity (Wildman–Crippen MR) is 30.6 cm³/mol. The van der Waals surface area contributed by atoms with Crippen LogP contribution in [0.3, 0.4) is 0 Å². The van der Waals surface area contributed by atoms with Gasteiger partial charge in [0.2, 0.25) is 6.29 Å². The van der Waals surface area contributed by atoms with Crippen LogP contribution in [0.1, 0.15) is 11.9 Å². The first-order valence-electron chi connectivity index (χ1n) is 2.67. The Morgan fingerprint density at radius 2 is 1.56 bits per heavy atom. The molecule has 2 heteroatoms. The average molecular weight is 122 g/mol. The second-order valence-corrected chi connectivity index (χ2v) is 1.74. The molecular formula is C7H6O2. The van der Waals surface area contributed by atoms with E-state index in [1.165, 1.54) is 12.1 Å². The van der Waals surface area contributed by atoms with Crippen molar-refractivity contribution in [1.82, 2.24) is 0 Å². The van der Waals surface area contributed by atoms with Crippen LogP contribution in [0.4, 0.5) is 0 Å². The number of hydrogen-bond acceptors (Lipinski definition) is 0. The Morgan fingerprint density at radius 3 is 1.89 bits per heavy atom. The van der Waals surface area contributed by atoms with Crippen molar-refractivity contribution < 1.29 is 10.2 Å². The van der Waals surface area contributed by atoms with Crippen LogP contribution in [-0.4, -0.2) is 0 Å². The quantitative estimate of drug-likeness (QED) is 0.507. The van der Waals surface area contributed by atoms with Crippen LogP contribution in [0.2, 0.25) is 0 Å². The third kappa shape index (κ3) is 1.52. The van der Waals surface area contributed by atoms with Crippen LogP contribution < -0.4 is 0 Å². The lowest BCUT2D eigenvalue weighted by molar-refractivity contribution is -0.141. The summed E-state index contributed by atoms with van der Waals surface area (Å²) in [6, 6.07) is 8.19. The fourth-order valence-electron chi connectivity index (χ4n) is 0.610. The van der Waals surface area contributed by atoms with E-state index in [9.17, 15) is 10.2 Å². The maximum atomic E-state index is 10.2. The molecule has 0 aliphatic carbocycles. The van der Waals surface area contributed by atoms with E-state index in [0.29, 0.717) is 5.56 Å². The third-order valence-corrected chi connectivity index (χ3v) is 1.07. The summed E-state index contributed by atoms with van der Waals surface area (Å²) in [4.78, 5) is 0. The normalized spacial score (nSPS) is 10.1. The first-order chi connectivity index (χ1) is 4.30. The lowest BCUT2D eigenvalue weighted by atomic mass is 10.2. The van der Waals surface area contributed by atoms with Crippen LogP contribution in [0, 0.1) is 0 Å². The molecule has 0 aromatic heterocycles. The van der Waals surface area contributed by atoms with Gasteiger partial charge in [0.05, 0.1) is 0 Å². The highest BCUT2D eigenvalue weighted by Crippen LogP contribution is 2.08. The zero-order valence-electron chi connectivity index (χ0n) is 4.78. The molecule has 0 spiro atoms. The molecule has 46 valence electrons. The first-order valence-corrected chi connectivity index (χ1v) is 2.67. The van der Waals surface area contributed by atoms with Gasteiger partial charge in [-0.1, -0.05) is 30.3 Å². The van der Waals surface area contributed by atoms with E-state index < -0.39 is 6.29 Å². The van der Waals surface area contributed by atoms with Gasteiger partial charge in [0.25, 0.3) is 0 Å². The molecule has 0 aliphatic heterocycles. The van der Waals surface area contributed by atoms with E-state index in [4.69, 9.17) is 0 Å². The van der Waals surface area contributed by atoms with Crippen molar-refractivity contribution in [3.63, 3.8) is 0 Å². The molecule has 0 saturated carbocycles. The molecule has 0 heterocycles. The zero-order valence-corrected chi connectivity index (χ0v) is 4.78. The van der Waals surface area contributed by atoms with Crippen molar-refractivity contribution in [2.24, 2.45) is 0 Å². The summed E-state index contributed by atoms with van der Waals surface area (Å²) >= 11 is 0. The van der Waals surface area contributed by atoms with Gasteiger partial charge in [0.15, 0.2) is 0 Å². The molecule has 0 N–H and O–H groups in total. The molecule has 2 radical (unpaired) electrons. The monoisotopic (exact) mass is 122 g/mol. The van der Waals surface area contributed by atoms with Gasteiger partial charge in [-0.3, -0.25) is 0 Å². The maximum absolute atomic E-state index is 10.2. The van der Waals surface area contributed by atoms with Crippen molar-refractivity contribution in [1.29, 1.82) is 0 Å². The zero-order chi connectivity index (χ0) is 6.69. The van der Waals surface area contributed by atoms with Gasteiger partial charge < -0.3 is 0 Å². The summed E-state index contributed by atoms with van der Waals surface area (Å²) < 4.78 is 0. The van der Waals surface area contributed by atoms with Gasteiger partial charge in [0.1, 0.15) is 0 Å². The lowest BCUT2D eigenvalue weighted by Crippen LogP contribution is -1.88. The molecule has 0 bridgehead atoms. The summed E-state index contributed by atoms with van der Waals surface area (Å²) in [7, 11) is 0. The van der Waals surface area contributed by atoms with E-state index >= 15 is 0 Å². The summed E-state index contributed by atoms with van der Waals surface area (Å²) in [6.07, 6.45) is -1.84. The highest BCUT2D eigenvalue weighted by Gasteiger charge is 2.02. The molecule has 0 unspecified atom stereocenters. The SMILES string of the molecule is [O]C([O])c1ccccc1. The average Bonchev–Trinajstić information content (AvgIpc) is 1.90. The Bertz CT molecular complexity index is 170. The fourth-order valence-corrected chi connectivity index (χ4v) is 0.610. The van der Waals surface area contributed by atoms with E-state index in [0.717, 1.165) is 0 Å². The molecule has 0 saturated heterocycles. The van der Waals surface area contributed by atoms with Crippen molar-refractivity contribution >= 4 is 0 Å². The molecule has 1 aromatic carbocycles. The van der Waals surface area contributed by atoms with Gasteiger partial charge >= 0.3 is 0 Å². The second kappa shape index (κ2) is 2.62. The molecule has 0 aliphatic rings. The lowest BCUT2D eigenvalue weighted by Gasteiger charge is -1.94. The largest absolute Gasteiger partial charge is 0.249 e. The van der Waals surface area contributed by atoms with Crippen LogP contribution in [0.25, 0.3) is 0 Å². The Morgan fingerprint density at radius 1 is 1.00 bits per heavy atom. The Labute approximate surface area is 53.4 Å². The van der Waals surface area contributed by atoms with Crippen LogP contribution in [0.15, 0.2) is 30.3 Å². The number of rotatable bonds is 1. The molecule has 1 rings (SSSR count). The highest BCUT2D eigenvalue weighted by molar-refractivity contribution is 5.14. The standard InChI is InChI=1S/C7H6O2/c8-7(9)6-4-2-1-3-5-6/h1-5,7H. The van der Waals surface area contributed by atoms with Gasteiger partial charge in [-0.15, -0.1) is 0 Å². The van der Waals surface area contributed by atoms with Crippen molar-refractivity contribution in [3.05, 3.63) is 35.9 Å². The minimum atomic E-state index is -1.84. The minimum Gasteiger partial charge on any atom is -0.193 e. The van der Waals surface area contributed by atoms with Crippen molar-refractivity contribution in [3.8, 4) is 0 Å². The third-order valence-electron chi connectivity index (χ3n) is 1.07. The molecule has 0 amide bonds. The van der Waals surface area contributed by atoms with Crippen molar-refractivity contribution in [2.45, 2.75) is 6.29 Å². The van der Waals surface area contributed by atoms with Gasteiger partial charge in [-0.25, -0.2) is 0 Å². The predicted octanol–water partition coefficient (Wildman–Crippen LogP) is 1.55. The van der Waals surface area contributed by atoms with Gasteiger partial charge in [-0.05, 0) is 0 Å². The van der Waals surface area contributed by atoms with Gasteiger partial charge in [-0.2, -0.15) is 10.2 Å². The van der Waals surface area contributed by atoms with Gasteiger partial charge in [0, 0.05) is 5.56 Å². The Kier molecular flexibility index (Phi) is 1.82. The molecule has 1 aromatic rings. The van der Waals surface area contributed by atoms with Crippen LogP contribution in [-0.2, 0) is 10.2 Å². The molecular weight excluding hydrogens is 116 g/mol. The van der Waals surface area contributed by atoms with Crippen LogP contribution >= 0.6 is 0 Å². The minimum absolute atomic E-state index is 0.303. The maximum Gasteiger partial charge on any atom is 0.249 e. The van der Waals surface area contributed by atoms with E-state index in [-0.39, 0.29) is 0 Å².